The predicted octanol–water partition coefficient (Wildman–Crippen LogP) is 1.79. The first-order valence-electron chi connectivity index (χ1n) is 6.45. The van der Waals surface area contributed by atoms with Gasteiger partial charge in [0.2, 0.25) is 0 Å². The molecule has 1 aromatic carbocycles. The minimum atomic E-state index is 0.664. The van der Waals surface area contributed by atoms with E-state index in [1.54, 1.807) is 7.11 Å². The van der Waals surface area contributed by atoms with Crippen molar-refractivity contribution in [2.75, 3.05) is 25.1 Å². The van der Waals surface area contributed by atoms with E-state index in [0.717, 1.165) is 18.8 Å². The van der Waals surface area contributed by atoms with Crippen molar-refractivity contribution in [2.45, 2.75) is 25.3 Å². The van der Waals surface area contributed by atoms with Gasteiger partial charge in [-0.2, -0.15) is 0 Å². The summed E-state index contributed by atoms with van der Waals surface area (Å²) in [6.07, 6.45) is 3.72. The van der Waals surface area contributed by atoms with Crippen molar-refractivity contribution < 1.29 is 4.74 Å². The third-order valence-corrected chi connectivity index (χ3v) is 4.18. The summed E-state index contributed by atoms with van der Waals surface area (Å²) in [7, 11) is 1.73. The van der Waals surface area contributed by atoms with Gasteiger partial charge in [0.25, 0.3) is 0 Å². The van der Waals surface area contributed by atoms with Crippen LogP contribution in [0.4, 0.5) is 5.69 Å². The molecule has 3 rings (SSSR count). The van der Waals surface area contributed by atoms with Gasteiger partial charge in [-0.1, -0.05) is 6.07 Å². The third-order valence-electron chi connectivity index (χ3n) is 4.18. The lowest BCUT2D eigenvalue weighted by Crippen LogP contribution is -2.34. The molecule has 1 saturated heterocycles. The predicted molar refractivity (Wildman–Crippen MR) is 69.6 cm³/mol. The number of nitrogens with zero attached hydrogens (tertiary/aromatic N) is 1. The lowest BCUT2D eigenvalue weighted by molar-refractivity contribution is 0.414. The average molecular weight is 232 g/mol. The second-order valence-electron chi connectivity index (χ2n) is 5.18. The van der Waals surface area contributed by atoms with Gasteiger partial charge < -0.3 is 15.4 Å². The molecule has 0 aromatic heterocycles. The molecule has 3 nitrogen and oxygen atoms in total. The zero-order valence-corrected chi connectivity index (χ0v) is 10.4. The molecule has 0 radical (unpaired) electrons. The Kier molecular flexibility index (Phi) is 2.71. The summed E-state index contributed by atoms with van der Waals surface area (Å²) in [5.41, 5.74) is 8.64. The Balaban J connectivity index is 1.94. The zero-order chi connectivity index (χ0) is 11.8. The monoisotopic (exact) mass is 232 g/mol. The molecule has 0 saturated carbocycles. The molecule has 92 valence electrons. The van der Waals surface area contributed by atoms with E-state index in [2.05, 4.69) is 23.1 Å². The zero-order valence-electron chi connectivity index (χ0n) is 10.4. The molecule has 2 aliphatic rings. The SMILES string of the molecule is COc1ccc2c(c1)N1CC(CN)CC1CC2. The quantitative estimate of drug-likeness (QED) is 0.845. The van der Waals surface area contributed by atoms with Gasteiger partial charge in [0.15, 0.2) is 0 Å². The van der Waals surface area contributed by atoms with Crippen LogP contribution in [0.5, 0.6) is 5.75 Å². The number of ether oxygens (including phenoxy) is 1. The largest absolute Gasteiger partial charge is 0.497 e. The van der Waals surface area contributed by atoms with E-state index in [4.69, 9.17) is 10.5 Å². The number of benzene rings is 1. The second kappa shape index (κ2) is 4.22. The van der Waals surface area contributed by atoms with Crippen molar-refractivity contribution in [3.05, 3.63) is 23.8 Å². The molecular weight excluding hydrogens is 212 g/mol. The second-order valence-corrected chi connectivity index (χ2v) is 5.18. The van der Waals surface area contributed by atoms with Crippen molar-refractivity contribution in [1.82, 2.24) is 0 Å². The fourth-order valence-electron chi connectivity index (χ4n) is 3.22. The number of anilines is 1. The van der Waals surface area contributed by atoms with Gasteiger partial charge in [0.1, 0.15) is 5.75 Å². The first-order chi connectivity index (χ1) is 8.31. The maximum Gasteiger partial charge on any atom is 0.120 e. The van der Waals surface area contributed by atoms with Crippen molar-refractivity contribution in [1.29, 1.82) is 0 Å². The fraction of sp³-hybridized carbons (Fsp3) is 0.571. The Bertz CT molecular complexity index is 419. The highest BCUT2D eigenvalue weighted by Crippen LogP contribution is 2.39. The van der Waals surface area contributed by atoms with Crippen LogP contribution in [0.25, 0.3) is 0 Å². The maximum atomic E-state index is 5.81. The van der Waals surface area contributed by atoms with Crippen LogP contribution in [-0.2, 0) is 6.42 Å². The number of fused-ring (bicyclic) bond motifs is 3. The van der Waals surface area contributed by atoms with E-state index in [0.29, 0.717) is 12.0 Å². The Morgan fingerprint density at radius 2 is 2.35 bits per heavy atom. The van der Waals surface area contributed by atoms with Crippen LogP contribution in [0, 0.1) is 5.92 Å². The Morgan fingerprint density at radius 3 is 3.12 bits per heavy atom. The molecule has 2 unspecified atom stereocenters. The molecular formula is C14H20N2O. The van der Waals surface area contributed by atoms with Crippen molar-refractivity contribution in [3.8, 4) is 5.75 Å². The van der Waals surface area contributed by atoms with Gasteiger partial charge in [-0.05, 0) is 43.4 Å². The molecule has 0 bridgehead atoms. The van der Waals surface area contributed by atoms with Gasteiger partial charge in [0.05, 0.1) is 7.11 Å². The molecule has 2 heterocycles. The molecule has 17 heavy (non-hydrogen) atoms. The smallest absolute Gasteiger partial charge is 0.120 e. The number of hydrogen-bond donors (Lipinski definition) is 1. The highest BCUT2D eigenvalue weighted by molar-refractivity contribution is 5.60. The molecule has 0 aliphatic carbocycles. The summed E-state index contributed by atoms with van der Waals surface area (Å²) >= 11 is 0. The van der Waals surface area contributed by atoms with Gasteiger partial charge in [-0.25, -0.2) is 0 Å². The molecule has 2 aliphatic heterocycles. The van der Waals surface area contributed by atoms with Gasteiger partial charge >= 0.3 is 0 Å². The summed E-state index contributed by atoms with van der Waals surface area (Å²) in [5.74, 6) is 1.62. The lowest BCUT2D eigenvalue weighted by atomic mass is 9.95. The molecule has 3 heteroatoms. The highest BCUT2D eigenvalue weighted by Gasteiger charge is 2.35. The fourth-order valence-corrected chi connectivity index (χ4v) is 3.22. The lowest BCUT2D eigenvalue weighted by Gasteiger charge is -2.33. The summed E-state index contributed by atoms with van der Waals surface area (Å²) in [5, 5.41) is 0. The Morgan fingerprint density at radius 1 is 1.47 bits per heavy atom. The summed E-state index contributed by atoms with van der Waals surface area (Å²) in [6.45, 7) is 1.92. The molecule has 1 fully saturated rings. The van der Waals surface area contributed by atoms with E-state index < -0.39 is 0 Å². The minimum absolute atomic E-state index is 0.664. The topological polar surface area (TPSA) is 38.5 Å². The van der Waals surface area contributed by atoms with Crippen LogP contribution >= 0.6 is 0 Å². The van der Waals surface area contributed by atoms with Gasteiger partial charge in [-0.3, -0.25) is 0 Å². The summed E-state index contributed by atoms with van der Waals surface area (Å²) in [4.78, 5) is 2.54. The van der Waals surface area contributed by atoms with E-state index in [-0.39, 0.29) is 0 Å². The van der Waals surface area contributed by atoms with Crippen LogP contribution in [0.2, 0.25) is 0 Å². The summed E-state index contributed by atoms with van der Waals surface area (Å²) in [6, 6.07) is 7.15. The maximum absolute atomic E-state index is 5.81. The van der Waals surface area contributed by atoms with Crippen LogP contribution in [0.1, 0.15) is 18.4 Å². The number of rotatable bonds is 2. The van der Waals surface area contributed by atoms with Crippen molar-refractivity contribution in [3.63, 3.8) is 0 Å². The number of aryl methyl sites for hydroxylation is 1. The first-order valence-corrected chi connectivity index (χ1v) is 6.45. The van der Waals surface area contributed by atoms with Crippen LogP contribution in [0.3, 0.4) is 0 Å². The third kappa shape index (κ3) is 1.78. The van der Waals surface area contributed by atoms with Crippen molar-refractivity contribution >= 4 is 5.69 Å². The van der Waals surface area contributed by atoms with Crippen LogP contribution in [-0.4, -0.2) is 26.2 Å². The molecule has 2 atom stereocenters. The highest BCUT2D eigenvalue weighted by atomic mass is 16.5. The Labute approximate surface area is 103 Å². The summed E-state index contributed by atoms with van der Waals surface area (Å²) < 4.78 is 5.33. The van der Waals surface area contributed by atoms with E-state index in [9.17, 15) is 0 Å². The van der Waals surface area contributed by atoms with Gasteiger partial charge in [-0.15, -0.1) is 0 Å². The number of methoxy groups -OCH3 is 1. The van der Waals surface area contributed by atoms with E-state index >= 15 is 0 Å². The molecule has 0 amide bonds. The van der Waals surface area contributed by atoms with Gasteiger partial charge in [0, 0.05) is 24.3 Å². The van der Waals surface area contributed by atoms with Crippen molar-refractivity contribution in [2.24, 2.45) is 11.7 Å². The van der Waals surface area contributed by atoms with Crippen LogP contribution < -0.4 is 15.4 Å². The molecule has 2 N–H and O–H groups in total. The normalized spacial score (nSPS) is 26.6. The molecule has 0 spiro atoms. The average Bonchev–Trinajstić information content (AvgIpc) is 2.81. The van der Waals surface area contributed by atoms with Crippen LogP contribution in [0.15, 0.2) is 18.2 Å². The minimum Gasteiger partial charge on any atom is -0.497 e. The van der Waals surface area contributed by atoms with E-state index in [1.807, 2.05) is 0 Å². The number of hydrogen-bond acceptors (Lipinski definition) is 3. The first kappa shape index (κ1) is 10.9. The molecule has 1 aromatic rings. The Hall–Kier alpha value is -1.22. The van der Waals surface area contributed by atoms with E-state index in [1.165, 1.54) is 30.5 Å². The number of nitrogens with two attached hydrogens (primary N) is 1. The standard InChI is InChI=1S/C14H20N2O/c1-17-13-5-3-11-2-4-12-6-10(8-15)9-16(12)14(11)7-13/h3,5,7,10,12H,2,4,6,8-9,15H2,1H3.